The Balaban J connectivity index is 1.23. The van der Waals surface area contributed by atoms with E-state index in [4.69, 9.17) is 4.74 Å². The fourth-order valence-electron chi connectivity index (χ4n) is 8.55. The number of likely N-dealkylation sites (tertiary alicyclic amines) is 1. The van der Waals surface area contributed by atoms with E-state index in [0.29, 0.717) is 5.92 Å². The predicted molar refractivity (Wildman–Crippen MR) is 162 cm³/mol. The van der Waals surface area contributed by atoms with Crippen molar-refractivity contribution in [2.75, 3.05) is 13.1 Å². The van der Waals surface area contributed by atoms with Crippen LogP contribution in [0.5, 0.6) is 0 Å². The number of allylic oxidation sites excluding steroid dienone is 1. The van der Waals surface area contributed by atoms with E-state index in [2.05, 4.69) is 56.0 Å². The maximum Gasteiger partial charge on any atom is 0.156 e. The van der Waals surface area contributed by atoms with Crippen LogP contribution in [-0.4, -0.2) is 24.2 Å². The summed E-state index contributed by atoms with van der Waals surface area (Å²) in [5, 5.41) is 0. The lowest BCUT2D eigenvalue weighted by Gasteiger charge is -2.45. The predicted octanol–water partition coefficient (Wildman–Crippen LogP) is 10.2. The highest BCUT2D eigenvalue weighted by molar-refractivity contribution is 5.61. The molecule has 5 rings (SSSR count). The van der Waals surface area contributed by atoms with E-state index in [-0.39, 0.29) is 6.23 Å². The Bertz CT molecular complexity index is 860. The van der Waals surface area contributed by atoms with Crippen LogP contribution < -0.4 is 0 Å². The van der Waals surface area contributed by atoms with Gasteiger partial charge in [-0.1, -0.05) is 96.4 Å². The smallest absolute Gasteiger partial charge is 0.156 e. The van der Waals surface area contributed by atoms with Crippen LogP contribution in [-0.2, 0) is 4.74 Å². The summed E-state index contributed by atoms with van der Waals surface area (Å²) in [6, 6.07) is 9.61. The summed E-state index contributed by atoms with van der Waals surface area (Å²) in [5.41, 5.74) is 2.85. The second-order valence-electron chi connectivity index (χ2n) is 13.6. The first-order valence-electron chi connectivity index (χ1n) is 16.9. The molecule has 212 valence electrons. The molecule has 2 nitrogen and oxygen atoms in total. The van der Waals surface area contributed by atoms with Gasteiger partial charge in [0.2, 0.25) is 0 Å². The van der Waals surface area contributed by atoms with Crippen LogP contribution in [0.15, 0.2) is 30.3 Å². The molecule has 3 fully saturated rings. The van der Waals surface area contributed by atoms with Gasteiger partial charge >= 0.3 is 0 Å². The molecule has 5 unspecified atom stereocenters. The number of ether oxygens (including phenoxy) is 1. The Hall–Kier alpha value is -1.28. The Labute approximate surface area is 235 Å². The van der Waals surface area contributed by atoms with Crippen LogP contribution in [0.4, 0.5) is 0 Å². The summed E-state index contributed by atoms with van der Waals surface area (Å²) >= 11 is 0. The summed E-state index contributed by atoms with van der Waals surface area (Å²) in [4.78, 5) is 2.71. The number of benzene rings is 1. The van der Waals surface area contributed by atoms with E-state index >= 15 is 0 Å². The molecule has 4 aliphatic rings. The van der Waals surface area contributed by atoms with Crippen LogP contribution in [0.25, 0.3) is 5.76 Å². The Morgan fingerprint density at radius 2 is 1.63 bits per heavy atom. The quantitative estimate of drug-likeness (QED) is 0.301. The molecule has 1 saturated heterocycles. The Morgan fingerprint density at radius 3 is 2.32 bits per heavy atom. The number of rotatable bonds is 9. The minimum absolute atomic E-state index is 0.280. The van der Waals surface area contributed by atoms with E-state index in [0.717, 1.165) is 35.3 Å². The van der Waals surface area contributed by atoms with Crippen LogP contribution >= 0.6 is 0 Å². The van der Waals surface area contributed by atoms with Crippen LogP contribution in [0.3, 0.4) is 0 Å². The summed E-state index contributed by atoms with van der Waals surface area (Å²) in [5.74, 6) is 6.18. The van der Waals surface area contributed by atoms with Crippen molar-refractivity contribution in [3.8, 4) is 0 Å². The molecule has 0 radical (unpaired) electrons. The van der Waals surface area contributed by atoms with E-state index in [9.17, 15) is 0 Å². The third-order valence-electron chi connectivity index (χ3n) is 11.2. The largest absolute Gasteiger partial charge is 0.475 e. The number of hydrogen-bond acceptors (Lipinski definition) is 2. The van der Waals surface area contributed by atoms with Gasteiger partial charge in [0.25, 0.3) is 0 Å². The minimum atomic E-state index is 0.280. The SMILES string of the molecule is CCCCCC1CCC(c2ccc(C3=CCC(C4CCC(CC)CC4)C(N4CCCCC4)O3)cc2)CC1C. The highest BCUT2D eigenvalue weighted by atomic mass is 16.5. The molecule has 0 spiro atoms. The second-order valence-corrected chi connectivity index (χ2v) is 13.6. The van der Waals surface area contributed by atoms with Gasteiger partial charge in [-0.25, -0.2) is 0 Å². The maximum absolute atomic E-state index is 6.98. The van der Waals surface area contributed by atoms with Crippen molar-refractivity contribution < 1.29 is 4.74 Å². The van der Waals surface area contributed by atoms with Gasteiger partial charge in [0, 0.05) is 24.6 Å². The van der Waals surface area contributed by atoms with E-state index in [1.54, 1.807) is 5.56 Å². The summed E-state index contributed by atoms with van der Waals surface area (Å²) in [6.07, 6.45) is 24.8. The fourth-order valence-corrected chi connectivity index (χ4v) is 8.55. The topological polar surface area (TPSA) is 12.5 Å². The first-order valence-corrected chi connectivity index (χ1v) is 16.9. The molecule has 2 aliphatic carbocycles. The molecule has 38 heavy (non-hydrogen) atoms. The van der Waals surface area contributed by atoms with Crippen molar-refractivity contribution >= 4 is 5.76 Å². The van der Waals surface area contributed by atoms with E-state index in [1.807, 2.05) is 0 Å². The van der Waals surface area contributed by atoms with Gasteiger partial charge in [-0.3, -0.25) is 4.90 Å². The lowest BCUT2D eigenvalue weighted by atomic mass is 9.71. The molecule has 0 N–H and O–H groups in total. The van der Waals surface area contributed by atoms with Gasteiger partial charge in [0.15, 0.2) is 6.23 Å². The number of piperidine rings is 1. The summed E-state index contributed by atoms with van der Waals surface area (Å²) in [6.45, 7) is 9.66. The number of nitrogens with zero attached hydrogens (tertiary/aromatic N) is 1. The van der Waals surface area contributed by atoms with Gasteiger partial charge in [0.05, 0.1) is 0 Å². The fraction of sp³-hybridized carbons (Fsp3) is 0.778. The van der Waals surface area contributed by atoms with E-state index < -0.39 is 0 Å². The van der Waals surface area contributed by atoms with Crippen molar-refractivity contribution in [3.05, 3.63) is 41.5 Å². The van der Waals surface area contributed by atoms with Gasteiger partial charge < -0.3 is 4.74 Å². The molecule has 2 saturated carbocycles. The van der Waals surface area contributed by atoms with Crippen molar-refractivity contribution in [2.45, 2.75) is 136 Å². The monoisotopic (exact) mass is 519 g/mol. The van der Waals surface area contributed by atoms with Crippen LogP contribution in [0.1, 0.15) is 141 Å². The van der Waals surface area contributed by atoms with Crippen molar-refractivity contribution in [3.63, 3.8) is 0 Å². The molecule has 2 heterocycles. The molecule has 0 aromatic heterocycles. The molecule has 2 heteroatoms. The molecular weight excluding hydrogens is 462 g/mol. The van der Waals surface area contributed by atoms with E-state index in [1.165, 1.54) is 121 Å². The third-order valence-corrected chi connectivity index (χ3v) is 11.2. The highest BCUT2D eigenvalue weighted by Gasteiger charge is 2.39. The lowest BCUT2D eigenvalue weighted by Crippen LogP contribution is -2.48. The van der Waals surface area contributed by atoms with Gasteiger partial charge in [-0.15, -0.1) is 0 Å². The summed E-state index contributed by atoms with van der Waals surface area (Å²) < 4.78 is 6.98. The summed E-state index contributed by atoms with van der Waals surface area (Å²) in [7, 11) is 0. The van der Waals surface area contributed by atoms with Crippen molar-refractivity contribution in [2.24, 2.45) is 29.6 Å². The minimum Gasteiger partial charge on any atom is -0.475 e. The Morgan fingerprint density at radius 1 is 0.868 bits per heavy atom. The third kappa shape index (κ3) is 6.89. The molecule has 5 atom stereocenters. The molecule has 2 aliphatic heterocycles. The maximum atomic E-state index is 6.98. The first kappa shape index (κ1) is 28.3. The van der Waals surface area contributed by atoms with Crippen molar-refractivity contribution in [1.82, 2.24) is 4.90 Å². The molecule has 0 amide bonds. The lowest BCUT2D eigenvalue weighted by molar-refractivity contribution is -0.0774. The zero-order valence-electron chi connectivity index (χ0n) is 25.0. The standard InChI is InChI=1S/C36H57NO/c1-4-6-8-11-29-16-21-33(26-27(29)3)30-17-19-32(20-18-30)35-23-22-34(31-14-12-28(5-2)13-15-31)36(38-35)37-24-9-7-10-25-37/h17-20,23,27-29,31,33-34,36H,4-16,21-22,24-26H2,1-3H3. The average molecular weight is 520 g/mol. The average Bonchev–Trinajstić information content (AvgIpc) is 2.98. The molecule has 1 aromatic rings. The van der Waals surface area contributed by atoms with Crippen LogP contribution in [0.2, 0.25) is 0 Å². The van der Waals surface area contributed by atoms with Gasteiger partial charge in [-0.05, 0) is 92.6 Å². The molecular formula is C36H57NO. The normalized spacial score (nSPS) is 34.9. The number of unbranched alkanes of at least 4 members (excludes halogenated alkanes) is 2. The first-order chi connectivity index (χ1) is 18.7. The zero-order chi connectivity index (χ0) is 26.3. The zero-order valence-corrected chi connectivity index (χ0v) is 25.0. The van der Waals surface area contributed by atoms with Gasteiger partial charge in [-0.2, -0.15) is 0 Å². The van der Waals surface area contributed by atoms with Gasteiger partial charge in [0.1, 0.15) is 5.76 Å². The number of hydrogen-bond donors (Lipinski definition) is 0. The molecule has 1 aromatic carbocycles. The van der Waals surface area contributed by atoms with Crippen LogP contribution in [0, 0.1) is 29.6 Å². The Kier molecular flexibility index (Phi) is 10.3. The van der Waals surface area contributed by atoms with Crippen molar-refractivity contribution in [1.29, 1.82) is 0 Å². The highest BCUT2D eigenvalue weighted by Crippen LogP contribution is 2.44. The second kappa shape index (κ2) is 13.9. The molecule has 0 bridgehead atoms.